The van der Waals surface area contributed by atoms with Crippen molar-refractivity contribution in [3.8, 4) is 0 Å². The highest BCUT2D eigenvalue weighted by Crippen LogP contribution is 2.40. The van der Waals surface area contributed by atoms with Gasteiger partial charge in [-0.15, -0.1) is 0 Å². The predicted molar refractivity (Wildman–Crippen MR) is 91.6 cm³/mol. The van der Waals surface area contributed by atoms with Gasteiger partial charge in [0.05, 0.1) is 0 Å². The molecule has 1 saturated carbocycles. The molecule has 1 aliphatic rings. The third-order valence-corrected chi connectivity index (χ3v) is 5.47. The van der Waals surface area contributed by atoms with E-state index in [-0.39, 0.29) is 5.54 Å². The number of benzene rings is 1. The van der Waals surface area contributed by atoms with Gasteiger partial charge in [-0.05, 0) is 57.2 Å². The van der Waals surface area contributed by atoms with Crippen LogP contribution in [0.15, 0.2) is 30.3 Å². The third-order valence-electron chi connectivity index (χ3n) is 5.47. The lowest BCUT2D eigenvalue weighted by atomic mass is 9.73. The molecule has 0 radical (unpaired) electrons. The minimum Gasteiger partial charge on any atom is -0.329 e. The van der Waals surface area contributed by atoms with Crippen molar-refractivity contribution in [2.45, 2.75) is 63.3 Å². The van der Waals surface area contributed by atoms with E-state index in [1.54, 1.807) is 0 Å². The van der Waals surface area contributed by atoms with Gasteiger partial charge in [0.25, 0.3) is 0 Å². The van der Waals surface area contributed by atoms with E-state index in [0.717, 1.165) is 12.5 Å². The van der Waals surface area contributed by atoms with Gasteiger partial charge in [-0.3, -0.25) is 4.90 Å². The van der Waals surface area contributed by atoms with Crippen LogP contribution in [0.2, 0.25) is 0 Å². The van der Waals surface area contributed by atoms with E-state index in [9.17, 15) is 0 Å². The van der Waals surface area contributed by atoms with Crippen LogP contribution in [-0.2, 0) is 0 Å². The second-order valence-corrected chi connectivity index (χ2v) is 6.74. The molecule has 0 atom stereocenters. The van der Waals surface area contributed by atoms with Gasteiger partial charge >= 0.3 is 0 Å². The highest BCUT2D eigenvalue weighted by atomic mass is 15.2. The summed E-state index contributed by atoms with van der Waals surface area (Å²) in [6.45, 7) is 4.27. The molecule has 0 amide bonds. The van der Waals surface area contributed by atoms with E-state index in [4.69, 9.17) is 5.73 Å². The highest BCUT2D eigenvalue weighted by Gasteiger charge is 2.37. The Kier molecular flexibility index (Phi) is 6.25. The van der Waals surface area contributed by atoms with E-state index in [1.165, 1.54) is 57.1 Å². The molecule has 2 heteroatoms. The maximum Gasteiger partial charge on any atom is 0.0329 e. The van der Waals surface area contributed by atoms with Crippen molar-refractivity contribution < 1.29 is 0 Å². The Morgan fingerprint density at radius 1 is 1.14 bits per heavy atom. The zero-order chi connectivity index (χ0) is 15.1. The molecule has 0 spiro atoms. The number of hydrogen-bond donors (Lipinski definition) is 1. The van der Waals surface area contributed by atoms with Crippen LogP contribution in [-0.4, -0.2) is 30.6 Å². The fourth-order valence-corrected chi connectivity index (χ4v) is 3.79. The summed E-state index contributed by atoms with van der Waals surface area (Å²) in [5.41, 5.74) is 7.95. The summed E-state index contributed by atoms with van der Waals surface area (Å²) in [5, 5.41) is 0. The Balaban J connectivity index is 1.92. The smallest absolute Gasteiger partial charge is 0.0329 e. The van der Waals surface area contributed by atoms with Gasteiger partial charge in [0.15, 0.2) is 0 Å². The van der Waals surface area contributed by atoms with E-state index >= 15 is 0 Å². The number of likely N-dealkylation sites (N-methyl/N-ethyl adjacent to an activating group) is 1. The standard InChI is InChI=1S/C19H32N2/c1-3-4-8-15-21(2)19(16-20)13-11-18(12-14-19)17-9-6-5-7-10-17/h5-7,9-10,18H,3-4,8,11-16,20H2,1-2H3. The number of nitrogens with zero attached hydrogens (tertiary/aromatic N) is 1. The molecule has 0 aromatic heterocycles. The minimum atomic E-state index is 0.249. The van der Waals surface area contributed by atoms with Crippen LogP contribution in [0, 0.1) is 0 Å². The second kappa shape index (κ2) is 7.95. The normalized spacial score (nSPS) is 26.2. The van der Waals surface area contributed by atoms with Gasteiger partial charge in [0, 0.05) is 12.1 Å². The van der Waals surface area contributed by atoms with Crippen LogP contribution in [0.5, 0.6) is 0 Å². The molecule has 0 unspecified atom stereocenters. The molecular weight excluding hydrogens is 256 g/mol. The maximum atomic E-state index is 6.19. The van der Waals surface area contributed by atoms with Gasteiger partial charge < -0.3 is 5.73 Å². The molecule has 0 saturated heterocycles. The van der Waals surface area contributed by atoms with Gasteiger partial charge in [0.1, 0.15) is 0 Å². The topological polar surface area (TPSA) is 29.3 Å². The Morgan fingerprint density at radius 3 is 2.38 bits per heavy atom. The summed E-state index contributed by atoms with van der Waals surface area (Å²) in [6, 6.07) is 11.0. The third kappa shape index (κ3) is 4.08. The highest BCUT2D eigenvalue weighted by molar-refractivity contribution is 5.20. The Morgan fingerprint density at radius 2 is 1.81 bits per heavy atom. The van der Waals surface area contributed by atoms with Gasteiger partial charge in [-0.1, -0.05) is 50.1 Å². The summed E-state index contributed by atoms with van der Waals surface area (Å²) in [7, 11) is 2.28. The van der Waals surface area contributed by atoms with E-state index < -0.39 is 0 Å². The maximum absolute atomic E-state index is 6.19. The minimum absolute atomic E-state index is 0.249. The lowest BCUT2D eigenvalue weighted by Gasteiger charge is -2.46. The van der Waals surface area contributed by atoms with E-state index in [2.05, 4.69) is 49.2 Å². The molecule has 0 aliphatic heterocycles. The van der Waals surface area contributed by atoms with Crippen LogP contribution in [0.3, 0.4) is 0 Å². The lowest BCUT2D eigenvalue weighted by Crippen LogP contribution is -2.54. The van der Waals surface area contributed by atoms with E-state index in [1.807, 2.05) is 0 Å². The SMILES string of the molecule is CCCCCN(C)C1(CN)CCC(c2ccccc2)CC1. The molecule has 2 rings (SSSR count). The van der Waals surface area contributed by atoms with Crippen LogP contribution >= 0.6 is 0 Å². The van der Waals surface area contributed by atoms with Crippen LogP contribution in [0.4, 0.5) is 0 Å². The van der Waals surface area contributed by atoms with Crippen molar-refractivity contribution in [2.24, 2.45) is 5.73 Å². The first-order chi connectivity index (χ1) is 10.2. The quantitative estimate of drug-likeness (QED) is 0.763. The van der Waals surface area contributed by atoms with Crippen molar-refractivity contribution >= 4 is 0 Å². The van der Waals surface area contributed by atoms with Crippen molar-refractivity contribution in [1.29, 1.82) is 0 Å². The predicted octanol–water partition coefficient (Wildman–Crippen LogP) is 4.16. The largest absolute Gasteiger partial charge is 0.329 e. The number of hydrogen-bond acceptors (Lipinski definition) is 2. The zero-order valence-electron chi connectivity index (χ0n) is 13.9. The lowest BCUT2D eigenvalue weighted by molar-refractivity contribution is 0.0746. The van der Waals surface area contributed by atoms with Crippen molar-refractivity contribution in [2.75, 3.05) is 20.1 Å². The number of nitrogens with two attached hydrogens (primary N) is 1. The van der Waals surface area contributed by atoms with Crippen LogP contribution in [0.1, 0.15) is 63.4 Å². The molecule has 1 aliphatic carbocycles. The van der Waals surface area contributed by atoms with Crippen LogP contribution < -0.4 is 5.73 Å². The van der Waals surface area contributed by atoms with Gasteiger partial charge in [0.2, 0.25) is 0 Å². The summed E-state index contributed by atoms with van der Waals surface area (Å²) < 4.78 is 0. The first-order valence-corrected chi connectivity index (χ1v) is 8.68. The van der Waals surface area contributed by atoms with Crippen molar-refractivity contribution in [3.63, 3.8) is 0 Å². The second-order valence-electron chi connectivity index (χ2n) is 6.74. The average Bonchev–Trinajstić information content (AvgIpc) is 2.56. The zero-order valence-corrected chi connectivity index (χ0v) is 13.9. The fourth-order valence-electron chi connectivity index (χ4n) is 3.79. The number of rotatable bonds is 7. The van der Waals surface area contributed by atoms with Crippen LogP contribution in [0.25, 0.3) is 0 Å². The molecule has 118 valence electrons. The van der Waals surface area contributed by atoms with Crippen molar-refractivity contribution in [1.82, 2.24) is 4.90 Å². The molecule has 21 heavy (non-hydrogen) atoms. The Labute approximate surface area is 130 Å². The van der Waals surface area contributed by atoms with Gasteiger partial charge in [-0.25, -0.2) is 0 Å². The summed E-state index contributed by atoms with van der Waals surface area (Å²) in [6.07, 6.45) is 8.96. The summed E-state index contributed by atoms with van der Waals surface area (Å²) >= 11 is 0. The molecule has 1 aromatic rings. The van der Waals surface area contributed by atoms with Gasteiger partial charge in [-0.2, -0.15) is 0 Å². The average molecular weight is 288 g/mol. The monoisotopic (exact) mass is 288 g/mol. The van der Waals surface area contributed by atoms with Crippen molar-refractivity contribution in [3.05, 3.63) is 35.9 Å². The molecule has 2 N–H and O–H groups in total. The molecule has 1 fully saturated rings. The molecule has 0 bridgehead atoms. The summed E-state index contributed by atoms with van der Waals surface area (Å²) in [5.74, 6) is 0.731. The molecule has 1 aromatic carbocycles. The first-order valence-electron chi connectivity index (χ1n) is 8.68. The Bertz CT molecular complexity index is 393. The molecule has 2 nitrogen and oxygen atoms in total. The fraction of sp³-hybridized carbons (Fsp3) is 0.684. The van der Waals surface area contributed by atoms with E-state index in [0.29, 0.717) is 0 Å². The number of unbranched alkanes of at least 4 members (excludes halogenated alkanes) is 2. The summed E-state index contributed by atoms with van der Waals surface area (Å²) in [4.78, 5) is 2.56. The first kappa shape index (κ1) is 16.5. The Hall–Kier alpha value is -0.860. The molecular formula is C19H32N2. The molecule has 0 heterocycles.